The normalized spacial score (nSPS) is 17.7. The van der Waals surface area contributed by atoms with Crippen LogP contribution in [-0.4, -0.2) is 36.7 Å². The van der Waals surface area contributed by atoms with Gasteiger partial charge < -0.3 is 15.4 Å². The molecule has 4 N–H and O–H groups in total. The second-order valence-corrected chi connectivity index (χ2v) is 4.01. The summed E-state index contributed by atoms with van der Waals surface area (Å²) in [4.78, 5) is 24.2. The molecule has 1 heterocycles. The van der Waals surface area contributed by atoms with Crippen LogP contribution >= 0.6 is 0 Å². The first-order chi connectivity index (χ1) is 8.52. The molecule has 2 rings (SSSR count). The Morgan fingerprint density at radius 2 is 2.28 bits per heavy atom. The minimum absolute atomic E-state index is 0.298. The van der Waals surface area contributed by atoms with E-state index in [-0.39, 0.29) is 0 Å². The summed E-state index contributed by atoms with van der Waals surface area (Å²) in [6, 6.07) is 4.76. The number of fused-ring (bicyclic) bond motifs is 1. The second-order valence-electron chi connectivity index (χ2n) is 4.01. The van der Waals surface area contributed by atoms with Crippen LogP contribution in [0.25, 0.3) is 0 Å². The van der Waals surface area contributed by atoms with Gasteiger partial charge in [-0.2, -0.15) is 0 Å². The van der Waals surface area contributed by atoms with Crippen molar-refractivity contribution in [2.45, 2.75) is 6.10 Å². The Bertz CT molecular complexity index is 503. The summed E-state index contributed by atoms with van der Waals surface area (Å²) in [6.07, 6.45) is -0.837. The first-order valence-electron chi connectivity index (χ1n) is 5.28. The number of carbonyl (C=O) groups is 2. The number of primary amides is 1. The van der Waals surface area contributed by atoms with Crippen molar-refractivity contribution in [2.75, 3.05) is 18.5 Å². The van der Waals surface area contributed by atoms with Gasteiger partial charge in [-0.05, 0) is 18.2 Å². The maximum atomic E-state index is 11.3. The standard InChI is InChI=1S/C11H13N3O4/c1-14-5-9(11(16)13-17)18-8-4-6(10(12)15)2-3-7(8)14/h2-4,9,17H,5H2,1H3,(H2,12,15)(H,13,16). The summed E-state index contributed by atoms with van der Waals surface area (Å²) in [5.74, 6) is -0.830. The molecule has 1 aromatic carbocycles. The van der Waals surface area contributed by atoms with Crippen molar-refractivity contribution in [1.82, 2.24) is 5.48 Å². The van der Waals surface area contributed by atoms with Crippen LogP contribution in [0, 0.1) is 0 Å². The van der Waals surface area contributed by atoms with Crippen LogP contribution in [0.15, 0.2) is 18.2 Å². The lowest BCUT2D eigenvalue weighted by molar-refractivity contribution is -0.136. The van der Waals surface area contributed by atoms with E-state index < -0.39 is 17.9 Å². The molecule has 0 radical (unpaired) electrons. The molecule has 0 bridgehead atoms. The number of rotatable bonds is 2. The molecular formula is C11H13N3O4. The predicted molar refractivity (Wildman–Crippen MR) is 62.6 cm³/mol. The lowest BCUT2D eigenvalue weighted by Crippen LogP contribution is -2.47. The zero-order valence-electron chi connectivity index (χ0n) is 9.71. The molecular weight excluding hydrogens is 238 g/mol. The van der Waals surface area contributed by atoms with Gasteiger partial charge in [0.05, 0.1) is 12.2 Å². The summed E-state index contributed by atoms with van der Waals surface area (Å²) in [5, 5.41) is 8.59. The smallest absolute Gasteiger partial charge is 0.286 e. The summed E-state index contributed by atoms with van der Waals surface area (Å²) < 4.78 is 5.42. The largest absolute Gasteiger partial charge is 0.476 e. The highest BCUT2D eigenvalue weighted by Gasteiger charge is 2.29. The van der Waals surface area contributed by atoms with Crippen molar-refractivity contribution in [1.29, 1.82) is 0 Å². The molecule has 1 aromatic rings. The minimum Gasteiger partial charge on any atom is -0.476 e. The number of ether oxygens (including phenoxy) is 1. The van der Waals surface area contributed by atoms with E-state index in [9.17, 15) is 9.59 Å². The third-order valence-electron chi connectivity index (χ3n) is 2.77. The number of benzene rings is 1. The molecule has 18 heavy (non-hydrogen) atoms. The number of anilines is 1. The quantitative estimate of drug-likeness (QED) is 0.485. The predicted octanol–water partition coefficient (Wildman–Crippen LogP) is -0.512. The van der Waals surface area contributed by atoms with Gasteiger partial charge in [-0.25, -0.2) is 5.48 Å². The van der Waals surface area contributed by atoms with Crippen molar-refractivity contribution in [3.8, 4) is 5.75 Å². The number of hydrogen-bond acceptors (Lipinski definition) is 5. The minimum atomic E-state index is -0.837. The highest BCUT2D eigenvalue weighted by Crippen LogP contribution is 2.33. The Labute approximate surface area is 103 Å². The van der Waals surface area contributed by atoms with Crippen LogP contribution in [-0.2, 0) is 4.79 Å². The fourth-order valence-corrected chi connectivity index (χ4v) is 1.82. The Morgan fingerprint density at radius 3 is 2.89 bits per heavy atom. The third kappa shape index (κ3) is 2.07. The van der Waals surface area contributed by atoms with Crippen molar-refractivity contribution in [3.05, 3.63) is 23.8 Å². The summed E-state index contributed by atoms with van der Waals surface area (Å²) in [6.45, 7) is 0.301. The molecule has 1 atom stereocenters. The number of nitrogens with zero attached hydrogens (tertiary/aromatic N) is 1. The molecule has 1 aliphatic heterocycles. The van der Waals surface area contributed by atoms with Crippen LogP contribution in [0.2, 0.25) is 0 Å². The number of hydroxylamine groups is 1. The Morgan fingerprint density at radius 1 is 1.56 bits per heavy atom. The van der Waals surface area contributed by atoms with Crippen molar-refractivity contribution in [3.63, 3.8) is 0 Å². The summed E-state index contributed by atoms with van der Waals surface area (Å²) in [7, 11) is 1.78. The highest BCUT2D eigenvalue weighted by molar-refractivity contribution is 5.94. The Kier molecular flexibility index (Phi) is 3.07. The molecule has 0 aliphatic carbocycles. The van der Waals surface area contributed by atoms with Gasteiger partial charge in [0.1, 0.15) is 5.75 Å². The topological polar surface area (TPSA) is 105 Å². The molecule has 7 nitrogen and oxygen atoms in total. The molecule has 0 spiro atoms. The van der Waals surface area contributed by atoms with Gasteiger partial charge in [0.25, 0.3) is 5.91 Å². The molecule has 0 saturated heterocycles. The van der Waals surface area contributed by atoms with Gasteiger partial charge in [0.2, 0.25) is 5.91 Å². The van der Waals surface area contributed by atoms with E-state index in [0.29, 0.717) is 17.9 Å². The molecule has 7 heteroatoms. The van der Waals surface area contributed by atoms with E-state index in [1.807, 2.05) is 0 Å². The molecule has 2 amide bonds. The summed E-state index contributed by atoms with van der Waals surface area (Å²) >= 11 is 0. The van der Waals surface area contributed by atoms with Gasteiger partial charge in [-0.3, -0.25) is 14.8 Å². The average Bonchev–Trinajstić information content (AvgIpc) is 2.36. The number of nitrogens with one attached hydrogen (secondary N) is 1. The maximum absolute atomic E-state index is 11.3. The fraction of sp³-hybridized carbons (Fsp3) is 0.273. The molecule has 1 aliphatic rings. The van der Waals surface area contributed by atoms with Crippen LogP contribution in [0.5, 0.6) is 5.75 Å². The van der Waals surface area contributed by atoms with Crippen molar-refractivity contribution < 1.29 is 19.5 Å². The number of nitrogens with two attached hydrogens (primary N) is 1. The maximum Gasteiger partial charge on any atom is 0.286 e. The van der Waals surface area contributed by atoms with E-state index in [1.165, 1.54) is 6.07 Å². The van der Waals surface area contributed by atoms with Gasteiger partial charge >= 0.3 is 0 Å². The molecule has 0 aromatic heterocycles. The van der Waals surface area contributed by atoms with Gasteiger partial charge in [-0.15, -0.1) is 0 Å². The number of carbonyl (C=O) groups excluding carboxylic acids is 2. The van der Waals surface area contributed by atoms with Crippen molar-refractivity contribution in [2.24, 2.45) is 5.73 Å². The first kappa shape index (κ1) is 12.2. The fourth-order valence-electron chi connectivity index (χ4n) is 1.82. The van der Waals surface area contributed by atoms with Crippen molar-refractivity contribution >= 4 is 17.5 Å². The second kappa shape index (κ2) is 4.53. The van der Waals surface area contributed by atoms with Crippen LogP contribution in [0.3, 0.4) is 0 Å². The van der Waals surface area contributed by atoms with E-state index >= 15 is 0 Å². The zero-order valence-corrected chi connectivity index (χ0v) is 9.71. The molecule has 0 fully saturated rings. The third-order valence-corrected chi connectivity index (χ3v) is 2.77. The van der Waals surface area contributed by atoms with E-state index in [2.05, 4.69) is 0 Å². The number of amides is 2. The molecule has 1 unspecified atom stereocenters. The van der Waals surface area contributed by atoms with E-state index in [1.54, 1.807) is 29.6 Å². The Balaban J connectivity index is 2.35. The van der Waals surface area contributed by atoms with E-state index in [0.717, 1.165) is 5.69 Å². The molecule has 0 saturated carbocycles. The SMILES string of the molecule is CN1CC(C(=O)NO)Oc2cc(C(N)=O)ccc21. The number of hydrogen-bond donors (Lipinski definition) is 3. The first-order valence-corrected chi connectivity index (χ1v) is 5.28. The van der Waals surface area contributed by atoms with Crippen LogP contribution in [0.4, 0.5) is 5.69 Å². The Hall–Kier alpha value is -2.28. The van der Waals surface area contributed by atoms with Gasteiger partial charge in [0, 0.05) is 12.6 Å². The zero-order chi connectivity index (χ0) is 13.3. The summed E-state index contributed by atoms with van der Waals surface area (Å²) in [5.41, 5.74) is 7.77. The van der Waals surface area contributed by atoms with E-state index in [4.69, 9.17) is 15.7 Å². The van der Waals surface area contributed by atoms with Crippen LogP contribution < -0.4 is 20.9 Å². The van der Waals surface area contributed by atoms with Gasteiger partial charge in [0.15, 0.2) is 6.10 Å². The molecule has 96 valence electrons. The van der Waals surface area contributed by atoms with Gasteiger partial charge in [-0.1, -0.05) is 0 Å². The van der Waals surface area contributed by atoms with Crippen LogP contribution in [0.1, 0.15) is 10.4 Å². The lowest BCUT2D eigenvalue weighted by Gasteiger charge is -2.32. The highest BCUT2D eigenvalue weighted by atomic mass is 16.5. The monoisotopic (exact) mass is 251 g/mol. The average molecular weight is 251 g/mol. The number of likely N-dealkylation sites (N-methyl/N-ethyl adjacent to an activating group) is 1. The lowest BCUT2D eigenvalue weighted by atomic mass is 10.1.